The third-order valence-corrected chi connectivity index (χ3v) is 6.65. The average molecular weight is 412 g/mol. The summed E-state index contributed by atoms with van der Waals surface area (Å²) in [6.45, 7) is 4.21. The minimum atomic E-state index is 0.424. The van der Waals surface area contributed by atoms with Crippen LogP contribution in [0.15, 0.2) is 65.8 Å². The summed E-state index contributed by atoms with van der Waals surface area (Å²) in [6.07, 6.45) is 6.51. The molecule has 1 fully saturated rings. The van der Waals surface area contributed by atoms with E-state index in [0.717, 1.165) is 48.5 Å². The van der Waals surface area contributed by atoms with Crippen LogP contribution in [0.25, 0.3) is 5.70 Å². The topological polar surface area (TPSA) is 55.5 Å². The lowest BCUT2D eigenvalue weighted by atomic mass is 9.80. The number of aromatic nitrogens is 1. The van der Waals surface area contributed by atoms with Gasteiger partial charge in [0.2, 0.25) is 0 Å². The molecule has 158 valence electrons. The zero-order valence-electron chi connectivity index (χ0n) is 18.5. The molecule has 31 heavy (non-hydrogen) atoms. The van der Waals surface area contributed by atoms with Crippen molar-refractivity contribution in [2.24, 2.45) is 10.9 Å². The first kappa shape index (κ1) is 20.9. The van der Waals surface area contributed by atoms with E-state index in [0.29, 0.717) is 17.7 Å². The van der Waals surface area contributed by atoms with Gasteiger partial charge < -0.3 is 9.80 Å². The van der Waals surface area contributed by atoms with E-state index in [1.807, 2.05) is 25.1 Å². The Kier molecular flexibility index (Phi) is 5.90. The van der Waals surface area contributed by atoms with Crippen molar-refractivity contribution in [1.29, 1.82) is 5.26 Å². The van der Waals surface area contributed by atoms with Crippen LogP contribution in [-0.2, 0) is 0 Å². The van der Waals surface area contributed by atoms with Gasteiger partial charge in [-0.15, -0.1) is 0 Å². The predicted molar refractivity (Wildman–Crippen MR) is 127 cm³/mol. The highest BCUT2D eigenvalue weighted by Crippen LogP contribution is 2.38. The molecule has 5 heteroatoms. The van der Waals surface area contributed by atoms with E-state index in [-0.39, 0.29) is 0 Å². The molecule has 1 aliphatic carbocycles. The van der Waals surface area contributed by atoms with Gasteiger partial charge in [-0.25, -0.2) is 4.98 Å². The van der Waals surface area contributed by atoms with Gasteiger partial charge >= 0.3 is 0 Å². The first-order valence-corrected chi connectivity index (χ1v) is 10.8. The smallest absolute Gasteiger partial charge is 0.141 e. The summed E-state index contributed by atoms with van der Waals surface area (Å²) in [7, 11) is 6.04. The predicted octanol–water partition coefficient (Wildman–Crippen LogP) is 4.87. The molecule has 0 N–H and O–H groups in total. The van der Waals surface area contributed by atoms with Crippen molar-refractivity contribution in [3.05, 3.63) is 77.8 Å². The molecule has 2 aromatic rings. The first-order valence-electron chi connectivity index (χ1n) is 10.8. The number of nitriles is 1. The summed E-state index contributed by atoms with van der Waals surface area (Å²) >= 11 is 0. The maximum absolute atomic E-state index is 9.34. The molecular formula is C26H29N5. The van der Waals surface area contributed by atoms with E-state index in [9.17, 15) is 5.26 Å². The zero-order chi connectivity index (χ0) is 22.0. The van der Waals surface area contributed by atoms with Gasteiger partial charge in [-0.1, -0.05) is 36.9 Å². The SMILES string of the molecule is C=C1C=C(N(C)C2CCC(/C(=N/C)c3ccccc3)CC2)c2nc(C#N)ccc2N1C. The fraction of sp³-hybridized carbons (Fsp3) is 0.346. The van der Waals surface area contributed by atoms with Crippen LogP contribution in [0.5, 0.6) is 0 Å². The van der Waals surface area contributed by atoms with E-state index >= 15 is 0 Å². The monoisotopic (exact) mass is 411 g/mol. The number of fused-ring (bicyclic) bond motifs is 1. The van der Waals surface area contributed by atoms with Crippen molar-refractivity contribution < 1.29 is 0 Å². The molecule has 0 amide bonds. The van der Waals surface area contributed by atoms with Gasteiger partial charge in [0.15, 0.2) is 0 Å². The van der Waals surface area contributed by atoms with Gasteiger partial charge in [0.25, 0.3) is 0 Å². The number of likely N-dealkylation sites (N-methyl/N-ethyl adjacent to an activating group) is 1. The average Bonchev–Trinajstić information content (AvgIpc) is 2.82. The Bertz CT molecular complexity index is 1070. The highest BCUT2D eigenvalue weighted by molar-refractivity contribution is 6.02. The van der Waals surface area contributed by atoms with E-state index in [1.165, 1.54) is 11.3 Å². The summed E-state index contributed by atoms with van der Waals surface area (Å²) in [5.74, 6) is 0.495. The number of anilines is 1. The maximum atomic E-state index is 9.34. The number of pyridine rings is 1. The minimum absolute atomic E-state index is 0.424. The quantitative estimate of drug-likeness (QED) is 0.674. The largest absolute Gasteiger partial charge is 0.370 e. The Morgan fingerprint density at radius 2 is 1.87 bits per heavy atom. The third-order valence-electron chi connectivity index (χ3n) is 6.65. The van der Waals surface area contributed by atoms with Crippen LogP contribution in [0.3, 0.4) is 0 Å². The minimum Gasteiger partial charge on any atom is -0.370 e. The summed E-state index contributed by atoms with van der Waals surface area (Å²) in [5, 5.41) is 9.34. The van der Waals surface area contributed by atoms with Crippen molar-refractivity contribution in [2.45, 2.75) is 31.7 Å². The zero-order valence-corrected chi connectivity index (χ0v) is 18.5. The molecule has 5 nitrogen and oxygen atoms in total. The lowest BCUT2D eigenvalue weighted by molar-refractivity contribution is 0.247. The van der Waals surface area contributed by atoms with Crippen molar-refractivity contribution >= 4 is 17.1 Å². The molecule has 0 saturated heterocycles. The van der Waals surface area contributed by atoms with Crippen LogP contribution in [0, 0.1) is 17.2 Å². The van der Waals surface area contributed by atoms with Gasteiger partial charge in [0.1, 0.15) is 17.5 Å². The summed E-state index contributed by atoms with van der Waals surface area (Å²) in [5.41, 5.74) is 6.72. The van der Waals surface area contributed by atoms with Gasteiger partial charge in [-0.3, -0.25) is 4.99 Å². The number of benzene rings is 1. The second-order valence-corrected chi connectivity index (χ2v) is 8.35. The van der Waals surface area contributed by atoms with Gasteiger partial charge in [-0.05, 0) is 49.5 Å². The first-order chi connectivity index (χ1) is 15.0. The van der Waals surface area contributed by atoms with E-state index in [4.69, 9.17) is 0 Å². The van der Waals surface area contributed by atoms with Gasteiger partial charge in [0, 0.05) is 44.5 Å². The molecule has 1 saturated carbocycles. The fourth-order valence-corrected chi connectivity index (χ4v) is 4.81. The van der Waals surface area contributed by atoms with Crippen molar-refractivity contribution in [2.75, 3.05) is 26.0 Å². The van der Waals surface area contributed by atoms with E-state index in [1.54, 1.807) is 6.07 Å². The molecule has 0 bridgehead atoms. The molecule has 0 spiro atoms. The lowest BCUT2D eigenvalue weighted by Gasteiger charge is -2.40. The molecule has 1 aromatic heterocycles. The Morgan fingerprint density at radius 3 is 2.52 bits per heavy atom. The molecule has 2 aliphatic rings. The second kappa shape index (κ2) is 8.77. The van der Waals surface area contributed by atoms with E-state index in [2.05, 4.69) is 71.0 Å². The lowest BCUT2D eigenvalue weighted by Crippen LogP contribution is -2.37. The number of aliphatic imine (C=N–C) groups is 1. The molecular weight excluding hydrogens is 382 g/mol. The van der Waals surface area contributed by atoms with Crippen LogP contribution >= 0.6 is 0 Å². The van der Waals surface area contributed by atoms with Gasteiger partial charge in [0.05, 0.1) is 11.4 Å². The van der Waals surface area contributed by atoms with Crippen molar-refractivity contribution in [3.8, 4) is 6.07 Å². The number of nitrogens with zero attached hydrogens (tertiary/aromatic N) is 5. The fourth-order valence-electron chi connectivity index (χ4n) is 4.81. The summed E-state index contributed by atoms with van der Waals surface area (Å²) < 4.78 is 0. The van der Waals surface area contributed by atoms with Crippen LogP contribution in [0.4, 0.5) is 5.69 Å². The van der Waals surface area contributed by atoms with Crippen LogP contribution < -0.4 is 4.90 Å². The molecule has 0 atom stereocenters. The Hall–Kier alpha value is -3.39. The van der Waals surface area contributed by atoms with Crippen molar-refractivity contribution in [3.63, 3.8) is 0 Å². The van der Waals surface area contributed by atoms with E-state index < -0.39 is 0 Å². The molecule has 2 heterocycles. The summed E-state index contributed by atoms with van der Waals surface area (Å²) in [6, 6.07) is 16.9. The number of rotatable bonds is 4. The molecule has 1 aromatic carbocycles. The molecule has 4 rings (SSSR count). The highest BCUT2D eigenvalue weighted by atomic mass is 15.2. The number of hydrogen-bond acceptors (Lipinski definition) is 5. The second-order valence-electron chi connectivity index (χ2n) is 8.35. The van der Waals surface area contributed by atoms with Crippen molar-refractivity contribution in [1.82, 2.24) is 9.88 Å². The Morgan fingerprint density at radius 1 is 1.16 bits per heavy atom. The van der Waals surface area contributed by atoms with Crippen LogP contribution in [-0.4, -0.2) is 42.8 Å². The van der Waals surface area contributed by atoms with Gasteiger partial charge in [-0.2, -0.15) is 5.26 Å². The standard InChI is InChI=1S/C26H29N5/c1-18-16-24(26-23(30(18)3)15-12-21(17-27)29-26)31(4)22-13-10-20(11-14-22)25(28-2)19-8-6-5-7-9-19/h5-9,12,15-16,20,22H,1,10-11,13-14H2,2-4H3/b28-25+. The Balaban J connectivity index is 1.53. The molecule has 0 unspecified atom stereocenters. The third kappa shape index (κ3) is 3.98. The maximum Gasteiger partial charge on any atom is 0.141 e. The summed E-state index contributed by atoms with van der Waals surface area (Å²) in [4.78, 5) is 13.6. The van der Waals surface area contributed by atoms with Crippen LogP contribution in [0.2, 0.25) is 0 Å². The highest BCUT2D eigenvalue weighted by Gasteiger charge is 2.31. The Labute approximate surface area is 185 Å². The molecule has 1 aliphatic heterocycles. The number of hydrogen-bond donors (Lipinski definition) is 0. The molecule has 0 radical (unpaired) electrons. The van der Waals surface area contributed by atoms with Crippen LogP contribution in [0.1, 0.15) is 42.6 Å². The normalized spacial score (nSPS) is 21.2. The number of allylic oxidation sites excluding steroid dienone is 1.